The van der Waals surface area contributed by atoms with E-state index in [0.29, 0.717) is 5.92 Å². The van der Waals surface area contributed by atoms with Crippen LogP contribution in [0, 0.1) is 29.1 Å². The Kier molecular flexibility index (Phi) is 9.19. The van der Waals surface area contributed by atoms with Gasteiger partial charge >= 0.3 is 0 Å². The fraction of sp³-hybridized carbons (Fsp3) is 0.607. The molecule has 3 rings (SSSR count). The summed E-state index contributed by atoms with van der Waals surface area (Å²) in [5.41, 5.74) is 3.04. The molecule has 0 unspecified atom stereocenters. The number of aryl methyl sites for hydroxylation is 1. The smallest absolute Gasteiger partial charge is 0.195 e. The molecule has 0 aromatic heterocycles. The quantitative estimate of drug-likeness (QED) is 0.313. The van der Waals surface area contributed by atoms with Crippen molar-refractivity contribution >= 4 is 0 Å². The Morgan fingerprint density at radius 2 is 1.57 bits per heavy atom. The molecule has 162 valence electrons. The molecule has 2 saturated carbocycles. The Morgan fingerprint density at radius 1 is 0.967 bits per heavy atom. The zero-order valence-corrected chi connectivity index (χ0v) is 18.7. The zero-order chi connectivity index (χ0) is 21.2. The normalized spacial score (nSPS) is 27.8. The van der Waals surface area contributed by atoms with E-state index in [9.17, 15) is 4.39 Å². The summed E-state index contributed by atoms with van der Waals surface area (Å²) in [6.45, 7) is 2.25. The van der Waals surface area contributed by atoms with E-state index in [1.165, 1.54) is 94.8 Å². The van der Waals surface area contributed by atoms with Gasteiger partial charge in [-0.2, -0.15) is 9.65 Å². The van der Waals surface area contributed by atoms with Gasteiger partial charge in [0.15, 0.2) is 5.83 Å². The van der Waals surface area contributed by atoms with Gasteiger partial charge in [0.2, 0.25) is 0 Å². The summed E-state index contributed by atoms with van der Waals surface area (Å²) in [5, 5.41) is 8.45. The van der Waals surface area contributed by atoms with E-state index >= 15 is 0 Å². The standard InChI is InChI=1S/C28H38FN/c1-2-4-22-13-17-26(18-14-22)27-19-15-25(16-20-27)12-11-24-9-7-23(8-10-24)5-3-6-28(29)21-30/h3,5-6,13-14,17-18,23-25,27H,2,4,7-12,15-16,19-20H2,1H3/b5-3+,28-6-. The van der Waals surface area contributed by atoms with Gasteiger partial charge in [0.05, 0.1) is 0 Å². The van der Waals surface area contributed by atoms with E-state index in [1.807, 2.05) is 0 Å². The number of nitriles is 1. The molecule has 0 saturated heterocycles. The first kappa shape index (κ1) is 22.8. The number of benzene rings is 1. The highest BCUT2D eigenvalue weighted by molar-refractivity contribution is 5.26. The third-order valence-corrected chi connectivity index (χ3v) is 7.44. The van der Waals surface area contributed by atoms with Crippen LogP contribution in [0.2, 0.25) is 0 Å². The van der Waals surface area contributed by atoms with Crippen LogP contribution >= 0.6 is 0 Å². The van der Waals surface area contributed by atoms with Crippen molar-refractivity contribution in [2.24, 2.45) is 17.8 Å². The molecule has 2 fully saturated rings. The van der Waals surface area contributed by atoms with Crippen LogP contribution in [-0.2, 0) is 6.42 Å². The van der Waals surface area contributed by atoms with Gasteiger partial charge in [-0.3, -0.25) is 0 Å². The molecule has 0 heterocycles. The van der Waals surface area contributed by atoms with Crippen LogP contribution in [0.1, 0.15) is 94.6 Å². The maximum absolute atomic E-state index is 12.8. The van der Waals surface area contributed by atoms with E-state index < -0.39 is 5.83 Å². The van der Waals surface area contributed by atoms with Crippen molar-refractivity contribution in [2.45, 2.75) is 89.9 Å². The highest BCUT2D eigenvalue weighted by Crippen LogP contribution is 2.40. The van der Waals surface area contributed by atoms with Crippen molar-refractivity contribution in [3.8, 4) is 6.07 Å². The van der Waals surface area contributed by atoms with Gasteiger partial charge in [0, 0.05) is 0 Å². The first-order valence-electron chi connectivity index (χ1n) is 12.2. The van der Waals surface area contributed by atoms with E-state index in [0.717, 1.165) is 17.8 Å². The summed E-state index contributed by atoms with van der Waals surface area (Å²) in [5.74, 6) is 2.44. The molecule has 0 aliphatic heterocycles. The van der Waals surface area contributed by atoms with Gasteiger partial charge in [-0.15, -0.1) is 0 Å². The maximum Gasteiger partial charge on any atom is 0.199 e. The molecule has 0 atom stereocenters. The molecule has 0 amide bonds. The van der Waals surface area contributed by atoms with Crippen LogP contribution < -0.4 is 0 Å². The van der Waals surface area contributed by atoms with Crippen LogP contribution in [0.3, 0.4) is 0 Å². The predicted molar refractivity (Wildman–Crippen MR) is 124 cm³/mol. The topological polar surface area (TPSA) is 23.8 Å². The second-order valence-corrected chi connectivity index (χ2v) is 9.58. The van der Waals surface area contributed by atoms with Crippen molar-refractivity contribution in [1.82, 2.24) is 0 Å². The highest BCUT2D eigenvalue weighted by atomic mass is 19.1. The van der Waals surface area contributed by atoms with Crippen molar-refractivity contribution in [1.29, 1.82) is 5.26 Å². The Hall–Kier alpha value is -1.88. The number of hydrogen-bond acceptors (Lipinski definition) is 1. The number of nitrogens with zero attached hydrogens (tertiary/aromatic N) is 1. The Labute approximate surface area is 183 Å². The van der Waals surface area contributed by atoms with Crippen molar-refractivity contribution in [2.75, 3.05) is 0 Å². The van der Waals surface area contributed by atoms with E-state index in [1.54, 1.807) is 11.6 Å². The molecule has 0 radical (unpaired) electrons. The van der Waals surface area contributed by atoms with Crippen molar-refractivity contribution < 1.29 is 4.39 Å². The highest BCUT2D eigenvalue weighted by Gasteiger charge is 2.24. The second-order valence-electron chi connectivity index (χ2n) is 9.58. The molecule has 0 N–H and O–H groups in total. The number of rotatable bonds is 8. The Morgan fingerprint density at radius 3 is 2.13 bits per heavy atom. The summed E-state index contributed by atoms with van der Waals surface area (Å²) in [6, 6.07) is 11.0. The molecular formula is C28H38FN. The van der Waals surface area contributed by atoms with Crippen LogP contribution in [0.4, 0.5) is 4.39 Å². The number of allylic oxidation sites excluding steroid dienone is 4. The van der Waals surface area contributed by atoms with Crippen LogP contribution in [0.25, 0.3) is 0 Å². The average Bonchev–Trinajstić information content (AvgIpc) is 2.79. The minimum Gasteiger partial charge on any atom is -0.195 e. The van der Waals surface area contributed by atoms with E-state index in [-0.39, 0.29) is 0 Å². The van der Waals surface area contributed by atoms with Crippen molar-refractivity contribution in [3.05, 3.63) is 59.4 Å². The lowest BCUT2D eigenvalue weighted by Crippen LogP contribution is -2.17. The maximum atomic E-state index is 12.8. The summed E-state index contributed by atoms with van der Waals surface area (Å²) in [7, 11) is 0. The minimum atomic E-state index is -0.705. The van der Waals surface area contributed by atoms with Gasteiger partial charge in [-0.05, 0) is 98.7 Å². The first-order chi connectivity index (χ1) is 14.7. The lowest BCUT2D eigenvalue weighted by molar-refractivity contribution is 0.246. The zero-order valence-electron chi connectivity index (χ0n) is 18.7. The fourth-order valence-corrected chi connectivity index (χ4v) is 5.50. The largest absolute Gasteiger partial charge is 0.199 e. The Bertz CT molecular complexity index is 723. The monoisotopic (exact) mass is 407 g/mol. The summed E-state index contributed by atoms with van der Waals surface area (Å²) in [6.07, 6.45) is 20.9. The number of halogens is 1. The number of hydrogen-bond donors (Lipinski definition) is 0. The van der Waals surface area contributed by atoms with Crippen LogP contribution in [0.5, 0.6) is 0 Å². The fourth-order valence-electron chi connectivity index (χ4n) is 5.50. The van der Waals surface area contributed by atoms with Gasteiger partial charge in [-0.25, -0.2) is 0 Å². The molecule has 2 aliphatic rings. The molecule has 0 bridgehead atoms. The molecule has 30 heavy (non-hydrogen) atoms. The van der Waals surface area contributed by atoms with E-state index in [2.05, 4.69) is 37.3 Å². The van der Waals surface area contributed by atoms with Gasteiger partial charge in [0.1, 0.15) is 6.07 Å². The summed E-state index contributed by atoms with van der Waals surface area (Å²) in [4.78, 5) is 0. The van der Waals surface area contributed by atoms with E-state index in [4.69, 9.17) is 5.26 Å². The Balaban J connectivity index is 1.33. The van der Waals surface area contributed by atoms with Crippen LogP contribution in [-0.4, -0.2) is 0 Å². The lowest BCUT2D eigenvalue weighted by atomic mass is 9.74. The predicted octanol–water partition coefficient (Wildman–Crippen LogP) is 8.43. The van der Waals surface area contributed by atoms with Gasteiger partial charge in [0.25, 0.3) is 0 Å². The summed E-state index contributed by atoms with van der Waals surface area (Å²) >= 11 is 0. The SMILES string of the molecule is CCCc1ccc(C2CCC(CCC3CCC(/C=C/C=C(\F)C#N)CC3)CC2)cc1. The average molecular weight is 408 g/mol. The summed E-state index contributed by atoms with van der Waals surface area (Å²) < 4.78 is 12.8. The molecule has 2 aliphatic carbocycles. The van der Waals surface area contributed by atoms with Crippen molar-refractivity contribution in [3.63, 3.8) is 0 Å². The first-order valence-corrected chi connectivity index (χ1v) is 12.2. The third kappa shape index (κ3) is 7.12. The van der Waals surface area contributed by atoms with Crippen LogP contribution in [0.15, 0.2) is 48.3 Å². The van der Waals surface area contributed by atoms with Gasteiger partial charge < -0.3 is 0 Å². The molecule has 0 spiro atoms. The molecule has 1 nitrogen and oxygen atoms in total. The molecular weight excluding hydrogens is 369 g/mol. The molecule has 1 aromatic rings. The molecule has 1 aromatic carbocycles. The third-order valence-electron chi connectivity index (χ3n) is 7.44. The molecule has 2 heteroatoms. The minimum absolute atomic E-state index is 0.558. The second kappa shape index (κ2) is 12.1. The van der Waals surface area contributed by atoms with Gasteiger partial charge in [-0.1, -0.05) is 62.6 Å². The lowest BCUT2D eigenvalue weighted by Gasteiger charge is -2.31.